The van der Waals surface area contributed by atoms with Gasteiger partial charge >= 0.3 is 0 Å². The van der Waals surface area contributed by atoms with Crippen LogP contribution in [0.25, 0.3) is 0 Å². The van der Waals surface area contributed by atoms with E-state index in [0.717, 1.165) is 107 Å². The van der Waals surface area contributed by atoms with Crippen LogP contribution in [0.2, 0.25) is 37.3 Å². The van der Waals surface area contributed by atoms with Crippen molar-refractivity contribution in [2.45, 2.75) is 185 Å². The van der Waals surface area contributed by atoms with E-state index in [1.165, 1.54) is 85.0 Å². The summed E-state index contributed by atoms with van der Waals surface area (Å²) in [6.45, 7) is 19.1. The highest BCUT2D eigenvalue weighted by atomic mass is 32.1. The molecule has 0 saturated carbocycles. The van der Waals surface area contributed by atoms with E-state index in [4.69, 9.17) is 0 Å². The zero-order chi connectivity index (χ0) is 44.8. The van der Waals surface area contributed by atoms with Crippen LogP contribution in [0.5, 0.6) is 0 Å². The van der Waals surface area contributed by atoms with Crippen molar-refractivity contribution in [2.75, 3.05) is 48.0 Å². The standard InChI is InChI=1S/C53H90N2O2S2Si2/c1-9-14-19-34-52(44-60(7,56)41-22-39-58,46-26-30-50(31-27-46)54(6)36-16-11-3)48-24-21-25-49(43-48)53(35-20-15-10-2,45-61(8,57)42-23-40-59)47-28-32-51(33-29-47)55(37-17-12-4)38-18-13-5/h21,24-33,43,56-59H,9-20,22-23,34-42,44-45H2,1-8H3. The predicted octanol–water partition coefficient (Wildman–Crippen LogP) is 14.8. The Kier molecular flexibility index (Phi) is 24.3. The largest absolute Gasteiger partial charge is 0.432 e. The number of hydrogen-bond acceptors (Lipinski definition) is 6. The third-order valence-electron chi connectivity index (χ3n) is 13.6. The Hall–Kier alpha value is -1.69. The molecule has 4 nitrogen and oxygen atoms in total. The van der Waals surface area contributed by atoms with Crippen molar-refractivity contribution in [1.29, 1.82) is 0 Å². The van der Waals surface area contributed by atoms with E-state index in [1.807, 2.05) is 0 Å². The fraction of sp³-hybridized carbons (Fsp3) is 0.660. The molecule has 3 aromatic carbocycles. The van der Waals surface area contributed by atoms with Crippen LogP contribution in [-0.4, -0.2) is 64.4 Å². The summed E-state index contributed by atoms with van der Waals surface area (Å²) in [5, 5.41) is 0. The third kappa shape index (κ3) is 16.4. The summed E-state index contributed by atoms with van der Waals surface area (Å²) in [6.07, 6.45) is 17.9. The highest BCUT2D eigenvalue weighted by Crippen LogP contribution is 2.49. The summed E-state index contributed by atoms with van der Waals surface area (Å²) >= 11 is 9.22. The summed E-state index contributed by atoms with van der Waals surface area (Å²) < 4.78 is 0. The van der Waals surface area contributed by atoms with Gasteiger partial charge in [-0.2, -0.15) is 25.3 Å². The van der Waals surface area contributed by atoms with Crippen LogP contribution in [0.1, 0.15) is 160 Å². The number of thiol groups is 2. The lowest BCUT2D eigenvalue weighted by atomic mass is 9.68. The number of unbranched alkanes of at least 4 members (excludes halogenated alkanes) is 7. The van der Waals surface area contributed by atoms with Gasteiger partial charge in [0.05, 0.1) is 0 Å². The van der Waals surface area contributed by atoms with Crippen molar-refractivity contribution in [2.24, 2.45) is 0 Å². The second kappa shape index (κ2) is 27.6. The molecule has 0 aliphatic heterocycles. The van der Waals surface area contributed by atoms with Crippen LogP contribution in [0.3, 0.4) is 0 Å². The minimum absolute atomic E-state index is 0.345. The molecule has 0 bridgehead atoms. The molecule has 0 saturated heterocycles. The van der Waals surface area contributed by atoms with Gasteiger partial charge in [0.2, 0.25) is 0 Å². The smallest absolute Gasteiger partial charge is 0.186 e. The van der Waals surface area contributed by atoms with Crippen molar-refractivity contribution in [3.63, 3.8) is 0 Å². The zero-order valence-corrected chi connectivity index (χ0v) is 44.1. The molecule has 4 atom stereocenters. The summed E-state index contributed by atoms with van der Waals surface area (Å²) in [5.41, 5.74) is 7.18. The van der Waals surface area contributed by atoms with E-state index in [-0.39, 0.29) is 10.8 Å². The first-order valence-electron chi connectivity index (χ1n) is 24.8. The molecule has 4 unspecified atom stereocenters. The summed E-state index contributed by atoms with van der Waals surface area (Å²) in [6, 6.07) is 32.0. The molecule has 0 aliphatic rings. The van der Waals surface area contributed by atoms with Crippen molar-refractivity contribution in [3.05, 3.63) is 95.1 Å². The van der Waals surface area contributed by atoms with E-state index in [9.17, 15) is 9.59 Å². The van der Waals surface area contributed by atoms with Crippen molar-refractivity contribution in [1.82, 2.24) is 0 Å². The van der Waals surface area contributed by atoms with Crippen LogP contribution in [0.15, 0.2) is 72.8 Å². The second-order valence-corrected chi connectivity index (χ2v) is 27.8. The Morgan fingerprint density at radius 3 is 1.28 bits per heavy atom. The fourth-order valence-electron chi connectivity index (χ4n) is 9.98. The maximum atomic E-state index is 12.6. The molecule has 3 aromatic rings. The monoisotopic (exact) mass is 907 g/mol. The molecule has 0 aliphatic carbocycles. The van der Waals surface area contributed by atoms with Gasteiger partial charge in [0.15, 0.2) is 16.6 Å². The highest BCUT2D eigenvalue weighted by Gasteiger charge is 2.45. The summed E-state index contributed by atoms with van der Waals surface area (Å²) in [7, 11) is -3.17. The maximum absolute atomic E-state index is 12.6. The number of anilines is 2. The van der Waals surface area contributed by atoms with Crippen LogP contribution >= 0.6 is 25.3 Å². The molecule has 0 fully saturated rings. The molecule has 3 rings (SSSR count). The van der Waals surface area contributed by atoms with E-state index in [1.54, 1.807) is 0 Å². The molecule has 0 amide bonds. The van der Waals surface area contributed by atoms with Crippen LogP contribution < -0.4 is 9.80 Å². The van der Waals surface area contributed by atoms with E-state index in [0.29, 0.717) is 0 Å². The average Bonchev–Trinajstić information content (AvgIpc) is 3.26. The molecule has 2 N–H and O–H groups in total. The first-order chi connectivity index (χ1) is 29.3. The Morgan fingerprint density at radius 2 is 0.885 bits per heavy atom. The van der Waals surface area contributed by atoms with E-state index < -0.39 is 16.6 Å². The Bertz CT molecular complexity index is 1610. The van der Waals surface area contributed by atoms with Gasteiger partial charge in [0.25, 0.3) is 0 Å². The summed E-state index contributed by atoms with van der Waals surface area (Å²) in [5.74, 6) is 1.59. The van der Waals surface area contributed by atoms with Gasteiger partial charge in [-0.05, 0) is 140 Å². The third-order valence-corrected chi connectivity index (χ3v) is 19.8. The van der Waals surface area contributed by atoms with Crippen LogP contribution in [-0.2, 0) is 10.8 Å². The van der Waals surface area contributed by atoms with Gasteiger partial charge in [0.1, 0.15) is 0 Å². The molecular formula is C53H90N2O2S2Si2. The first kappa shape index (κ1) is 53.7. The van der Waals surface area contributed by atoms with Crippen molar-refractivity contribution >= 4 is 53.3 Å². The molecule has 8 heteroatoms. The van der Waals surface area contributed by atoms with E-state index in [2.05, 4.69) is 163 Å². The quantitative estimate of drug-likeness (QED) is 0.0279. The Morgan fingerprint density at radius 1 is 0.492 bits per heavy atom. The van der Waals surface area contributed by atoms with Gasteiger partial charge in [0, 0.05) is 48.9 Å². The Labute approximate surface area is 389 Å². The van der Waals surface area contributed by atoms with Crippen molar-refractivity contribution < 1.29 is 9.59 Å². The van der Waals surface area contributed by atoms with Crippen molar-refractivity contribution in [3.8, 4) is 0 Å². The minimum atomic E-state index is -2.69. The molecule has 0 aromatic heterocycles. The van der Waals surface area contributed by atoms with Gasteiger partial charge in [-0.15, -0.1) is 0 Å². The zero-order valence-electron chi connectivity index (χ0n) is 40.3. The van der Waals surface area contributed by atoms with Crippen LogP contribution in [0.4, 0.5) is 11.4 Å². The average molecular weight is 908 g/mol. The number of benzene rings is 3. The number of rotatable bonds is 33. The molecule has 0 spiro atoms. The fourth-order valence-corrected chi connectivity index (χ4v) is 16.9. The molecule has 0 heterocycles. The molecular weight excluding hydrogens is 817 g/mol. The molecule has 0 radical (unpaired) electrons. The predicted molar refractivity (Wildman–Crippen MR) is 283 cm³/mol. The van der Waals surface area contributed by atoms with Gasteiger partial charge < -0.3 is 19.4 Å². The van der Waals surface area contributed by atoms with Crippen LogP contribution in [0, 0.1) is 0 Å². The Balaban J connectivity index is 2.41. The lowest BCUT2D eigenvalue weighted by molar-refractivity contribution is 0.431. The summed E-state index contributed by atoms with van der Waals surface area (Å²) in [4.78, 5) is 30.1. The number of nitrogens with zero attached hydrogens (tertiary/aromatic N) is 2. The highest BCUT2D eigenvalue weighted by molar-refractivity contribution is 7.80. The van der Waals surface area contributed by atoms with Gasteiger partial charge in [-0.3, -0.25) is 0 Å². The van der Waals surface area contributed by atoms with E-state index >= 15 is 0 Å². The maximum Gasteiger partial charge on any atom is 0.186 e. The normalized spacial score (nSPS) is 15.7. The first-order valence-corrected chi connectivity index (χ1v) is 31.7. The topological polar surface area (TPSA) is 46.9 Å². The van der Waals surface area contributed by atoms with Gasteiger partial charge in [-0.1, -0.05) is 141 Å². The number of hydrogen-bond donors (Lipinski definition) is 4. The lowest BCUT2D eigenvalue weighted by Crippen LogP contribution is -2.43. The SMILES string of the molecule is CCCCCC(C[Si](C)(O)CCCS)(c1ccc(N(C)CCCC)cc1)c1cccc(C(CCCCC)(C[Si](C)(O)CCCS)c2ccc(N(CCCC)CCCC)cc2)c1. The molecule has 61 heavy (non-hydrogen) atoms. The van der Waals surface area contributed by atoms with Gasteiger partial charge in [-0.25, -0.2) is 0 Å². The lowest BCUT2D eigenvalue weighted by Gasteiger charge is -2.43. The second-order valence-electron chi connectivity index (χ2n) is 19.2. The molecule has 344 valence electrons. The minimum Gasteiger partial charge on any atom is -0.432 e.